The van der Waals surface area contributed by atoms with E-state index in [2.05, 4.69) is 10.6 Å². The second-order valence-electron chi connectivity index (χ2n) is 8.33. The number of para-hydroxylation sites is 1. The number of anilines is 1. The van der Waals surface area contributed by atoms with Crippen molar-refractivity contribution < 1.29 is 29.2 Å². The highest BCUT2D eigenvalue weighted by Gasteiger charge is 2.38. The lowest BCUT2D eigenvalue weighted by molar-refractivity contribution is -0.117. The van der Waals surface area contributed by atoms with Gasteiger partial charge in [0.1, 0.15) is 5.75 Å². The Balaban J connectivity index is 1.81. The fourth-order valence-corrected chi connectivity index (χ4v) is 3.61. The summed E-state index contributed by atoms with van der Waals surface area (Å²) in [6.45, 7) is 0.479. The smallest absolute Gasteiger partial charge is 0.534 e. The summed E-state index contributed by atoms with van der Waals surface area (Å²) in [5.41, 5.74) is 13.1. The number of rotatable bonds is 8. The molecule has 0 aromatic heterocycles. The van der Waals surface area contributed by atoms with E-state index in [1.165, 1.54) is 12.1 Å². The van der Waals surface area contributed by atoms with Crippen molar-refractivity contribution in [1.29, 1.82) is 0 Å². The minimum atomic E-state index is -1.44. The van der Waals surface area contributed by atoms with Crippen LogP contribution in [-0.4, -0.2) is 72.6 Å². The van der Waals surface area contributed by atoms with E-state index in [1.54, 1.807) is 24.3 Å². The number of carboxylic acids is 1. The lowest BCUT2D eigenvalue weighted by atomic mass is 9.72. The van der Waals surface area contributed by atoms with Crippen LogP contribution in [0.25, 0.3) is 0 Å². The highest BCUT2D eigenvalue weighted by Crippen LogP contribution is 2.30. The summed E-state index contributed by atoms with van der Waals surface area (Å²) in [5.74, 6) is -2.87. The van der Waals surface area contributed by atoms with Gasteiger partial charge >= 0.3 is 13.1 Å². The molecule has 2 aromatic rings. The monoisotopic (exact) mass is 469 g/mol. The van der Waals surface area contributed by atoms with E-state index in [0.29, 0.717) is 17.8 Å². The topological polar surface area (TPSA) is 180 Å². The second kappa shape index (κ2) is 10.7. The summed E-state index contributed by atoms with van der Waals surface area (Å²) < 4.78 is 5.42. The van der Waals surface area contributed by atoms with Crippen molar-refractivity contribution in [2.24, 2.45) is 11.5 Å². The van der Waals surface area contributed by atoms with Gasteiger partial charge in [0.25, 0.3) is 5.91 Å². The standard InChI is InChI=1S/C22H28BN5O6/c1-28(2)11-14-7-6-13(8-17(14)26-21(30)16(25)10-24)20(29)27-18-9-12-4-3-5-15(22(31)32)19(12)34-23(18)33/h3-8,16,18,33H,9-11,24-25H2,1-2H3,(H,26,30)(H,27,29)(H,31,32). The van der Waals surface area contributed by atoms with Crippen molar-refractivity contribution in [2.45, 2.75) is 24.9 Å². The predicted molar refractivity (Wildman–Crippen MR) is 126 cm³/mol. The van der Waals surface area contributed by atoms with Crippen LogP contribution in [0.5, 0.6) is 5.75 Å². The van der Waals surface area contributed by atoms with Gasteiger partial charge in [-0.25, -0.2) is 4.79 Å². The third kappa shape index (κ3) is 5.72. The zero-order chi connectivity index (χ0) is 25.0. The van der Waals surface area contributed by atoms with Crippen LogP contribution in [0.15, 0.2) is 36.4 Å². The maximum atomic E-state index is 13.0. The van der Waals surface area contributed by atoms with E-state index < -0.39 is 36.9 Å². The SMILES string of the molecule is CN(C)Cc1ccc(C(=O)NC2Cc3cccc(C(=O)O)c3OB2O)cc1NC(=O)C(N)CN. The molecule has 2 atom stereocenters. The summed E-state index contributed by atoms with van der Waals surface area (Å²) in [6, 6.07) is 8.61. The van der Waals surface area contributed by atoms with Crippen LogP contribution in [0.2, 0.25) is 0 Å². The van der Waals surface area contributed by atoms with Crippen molar-refractivity contribution in [3.8, 4) is 5.75 Å². The maximum Gasteiger partial charge on any atom is 0.547 e. The molecule has 0 saturated heterocycles. The van der Waals surface area contributed by atoms with Crippen molar-refractivity contribution in [2.75, 3.05) is 26.0 Å². The highest BCUT2D eigenvalue weighted by atomic mass is 16.5. The Kier molecular flexibility index (Phi) is 7.89. The molecule has 0 spiro atoms. The highest BCUT2D eigenvalue weighted by molar-refractivity contribution is 6.47. The number of carbonyl (C=O) groups is 3. The number of benzene rings is 2. The molecule has 8 N–H and O–H groups in total. The van der Waals surface area contributed by atoms with Gasteiger partial charge in [0.05, 0.1) is 17.5 Å². The predicted octanol–water partition coefficient (Wildman–Crippen LogP) is -0.576. The Morgan fingerprint density at radius 1 is 1.26 bits per heavy atom. The fourth-order valence-electron chi connectivity index (χ4n) is 3.61. The summed E-state index contributed by atoms with van der Waals surface area (Å²) in [5, 5.41) is 25.2. The molecule has 34 heavy (non-hydrogen) atoms. The van der Waals surface area contributed by atoms with Crippen LogP contribution >= 0.6 is 0 Å². The molecule has 1 aliphatic rings. The number of hydrogen-bond acceptors (Lipinski definition) is 8. The van der Waals surface area contributed by atoms with Gasteiger partial charge in [-0.1, -0.05) is 18.2 Å². The average molecular weight is 469 g/mol. The van der Waals surface area contributed by atoms with Gasteiger partial charge < -0.3 is 41.8 Å². The minimum Gasteiger partial charge on any atom is -0.534 e. The van der Waals surface area contributed by atoms with E-state index >= 15 is 0 Å². The Labute approximate surface area is 197 Å². The van der Waals surface area contributed by atoms with Crippen LogP contribution in [-0.2, 0) is 17.8 Å². The zero-order valence-electron chi connectivity index (χ0n) is 18.9. The first-order valence-electron chi connectivity index (χ1n) is 10.7. The number of amides is 2. The Hall–Kier alpha value is -3.45. The first-order chi connectivity index (χ1) is 16.1. The zero-order valence-corrected chi connectivity index (χ0v) is 18.9. The third-order valence-electron chi connectivity index (χ3n) is 5.37. The van der Waals surface area contributed by atoms with E-state index in [9.17, 15) is 24.5 Å². The van der Waals surface area contributed by atoms with E-state index in [0.717, 1.165) is 5.56 Å². The molecule has 0 radical (unpaired) electrons. The van der Waals surface area contributed by atoms with Gasteiger partial charge in [-0.3, -0.25) is 9.59 Å². The molecule has 0 saturated carbocycles. The number of fused-ring (bicyclic) bond motifs is 1. The number of aromatic carboxylic acids is 1. The number of nitrogens with two attached hydrogens (primary N) is 2. The van der Waals surface area contributed by atoms with Crippen LogP contribution in [0, 0.1) is 0 Å². The van der Waals surface area contributed by atoms with Crippen molar-refractivity contribution >= 4 is 30.6 Å². The largest absolute Gasteiger partial charge is 0.547 e. The summed E-state index contributed by atoms with van der Waals surface area (Å²) in [4.78, 5) is 38.6. The van der Waals surface area contributed by atoms with E-state index in [-0.39, 0.29) is 29.8 Å². The molecule has 180 valence electrons. The van der Waals surface area contributed by atoms with Crippen molar-refractivity contribution in [1.82, 2.24) is 10.2 Å². The molecule has 0 aliphatic carbocycles. The second-order valence-corrected chi connectivity index (χ2v) is 8.33. The molecular formula is C22H28BN5O6. The molecule has 2 amide bonds. The molecule has 2 unspecified atom stereocenters. The van der Waals surface area contributed by atoms with Crippen LogP contribution in [0.3, 0.4) is 0 Å². The van der Waals surface area contributed by atoms with Gasteiger partial charge in [0, 0.05) is 24.3 Å². The van der Waals surface area contributed by atoms with Crippen LogP contribution < -0.4 is 26.8 Å². The Morgan fingerprint density at radius 2 is 2.00 bits per heavy atom. The van der Waals surface area contributed by atoms with Crippen LogP contribution in [0.4, 0.5) is 5.69 Å². The summed E-state index contributed by atoms with van der Waals surface area (Å²) in [7, 11) is 2.30. The molecule has 1 aliphatic heterocycles. The Bertz CT molecular complexity index is 1100. The van der Waals surface area contributed by atoms with Crippen molar-refractivity contribution in [3.63, 3.8) is 0 Å². The average Bonchev–Trinajstić information content (AvgIpc) is 2.79. The van der Waals surface area contributed by atoms with Crippen molar-refractivity contribution in [3.05, 3.63) is 58.7 Å². The summed E-state index contributed by atoms with van der Waals surface area (Å²) in [6.07, 6.45) is 0.178. The molecular weight excluding hydrogens is 441 g/mol. The van der Waals surface area contributed by atoms with Gasteiger partial charge in [-0.05, 0) is 49.8 Å². The molecule has 11 nitrogen and oxygen atoms in total. The summed E-state index contributed by atoms with van der Waals surface area (Å²) >= 11 is 0. The quantitative estimate of drug-likeness (QED) is 0.276. The molecule has 3 rings (SSSR count). The Morgan fingerprint density at radius 3 is 2.65 bits per heavy atom. The van der Waals surface area contributed by atoms with E-state index in [1.807, 2.05) is 19.0 Å². The van der Waals surface area contributed by atoms with Gasteiger partial charge in [-0.2, -0.15) is 0 Å². The van der Waals surface area contributed by atoms with Gasteiger partial charge in [-0.15, -0.1) is 0 Å². The lowest BCUT2D eigenvalue weighted by Crippen LogP contribution is -2.53. The number of carboxylic acid groups (broad SMARTS) is 1. The first kappa shape index (κ1) is 25.2. The number of carbonyl (C=O) groups excluding carboxylic acids is 2. The molecule has 12 heteroatoms. The first-order valence-corrected chi connectivity index (χ1v) is 10.7. The molecule has 0 bridgehead atoms. The number of hydrogen-bond donors (Lipinski definition) is 6. The minimum absolute atomic E-state index is 0.0281. The lowest BCUT2D eigenvalue weighted by Gasteiger charge is -2.29. The fraction of sp³-hybridized carbons (Fsp3) is 0.318. The number of nitrogens with one attached hydrogen (secondary N) is 2. The molecule has 0 fully saturated rings. The van der Waals surface area contributed by atoms with Gasteiger partial charge in [0.2, 0.25) is 5.91 Å². The van der Waals surface area contributed by atoms with Crippen LogP contribution in [0.1, 0.15) is 31.8 Å². The maximum absolute atomic E-state index is 13.0. The third-order valence-corrected chi connectivity index (χ3v) is 5.37. The normalized spacial score (nSPS) is 15.8. The van der Waals surface area contributed by atoms with Gasteiger partial charge in [0.15, 0.2) is 0 Å². The number of nitrogens with zero attached hydrogens (tertiary/aromatic N) is 1. The molecule has 2 aromatic carbocycles. The molecule has 1 heterocycles. The van der Waals surface area contributed by atoms with E-state index in [4.69, 9.17) is 16.1 Å².